The number of fused-ring (bicyclic) bond motifs is 1. The summed E-state index contributed by atoms with van der Waals surface area (Å²) in [5, 5.41) is 10.9. The maximum atomic E-state index is 11.9. The van der Waals surface area contributed by atoms with Gasteiger partial charge in [-0.05, 0) is 19.1 Å². The van der Waals surface area contributed by atoms with Gasteiger partial charge in [-0.15, -0.1) is 0 Å². The molecule has 1 heterocycles. The molecular formula is C12H10NO4-. The van der Waals surface area contributed by atoms with Gasteiger partial charge >= 0.3 is 0 Å². The van der Waals surface area contributed by atoms with Crippen molar-refractivity contribution in [1.82, 2.24) is 0 Å². The van der Waals surface area contributed by atoms with Crippen molar-refractivity contribution >= 4 is 23.3 Å². The molecule has 1 aliphatic heterocycles. The van der Waals surface area contributed by atoms with Crippen LogP contribution in [0, 0.1) is 5.92 Å². The summed E-state index contributed by atoms with van der Waals surface area (Å²) >= 11 is 0. The summed E-state index contributed by atoms with van der Waals surface area (Å²) in [5.74, 6) is -4.79. The van der Waals surface area contributed by atoms with Crippen molar-refractivity contribution in [3.63, 3.8) is 0 Å². The fourth-order valence-corrected chi connectivity index (χ4v) is 1.99. The molecule has 0 spiro atoms. The summed E-state index contributed by atoms with van der Waals surface area (Å²) in [7, 11) is 0. The molecule has 1 aliphatic rings. The Morgan fingerprint density at radius 1 is 1.35 bits per heavy atom. The van der Waals surface area contributed by atoms with Crippen molar-refractivity contribution < 1.29 is 19.5 Å². The second kappa shape index (κ2) is 4.01. The fraction of sp³-hybridized carbons (Fsp3) is 0.250. The number of Topliss-reactive ketones (excluding diaryl/α,β-unsaturated/α-hetero) is 1. The van der Waals surface area contributed by atoms with Gasteiger partial charge in [0, 0.05) is 12.1 Å². The number of para-hydroxylation sites is 1. The fourth-order valence-electron chi connectivity index (χ4n) is 1.99. The topological polar surface area (TPSA) is 77.5 Å². The first-order valence-corrected chi connectivity index (χ1v) is 5.23. The molecule has 1 atom stereocenters. The first kappa shape index (κ1) is 11.3. The number of benzene rings is 1. The monoisotopic (exact) mass is 232 g/mol. The lowest BCUT2D eigenvalue weighted by Gasteiger charge is -2.32. The standard InChI is InChI=1S/C12H11NO4/c1-2-13-8-6-4-3-5-7(8)10(14)9(11(13)15)12(16)17/h3-6,9H,2H2,1H3,(H,16,17)/p-1/t9-/m0/s1. The molecule has 0 saturated carbocycles. The van der Waals surface area contributed by atoms with E-state index in [4.69, 9.17) is 0 Å². The highest BCUT2D eigenvalue weighted by molar-refractivity contribution is 6.29. The van der Waals surface area contributed by atoms with Crippen LogP contribution in [0.1, 0.15) is 17.3 Å². The number of aliphatic carboxylic acids is 1. The van der Waals surface area contributed by atoms with E-state index in [-0.39, 0.29) is 5.56 Å². The molecule has 1 amide bonds. The van der Waals surface area contributed by atoms with Gasteiger partial charge < -0.3 is 14.8 Å². The summed E-state index contributed by atoms with van der Waals surface area (Å²) in [6.45, 7) is 2.03. The minimum absolute atomic E-state index is 0.253. The van der Waals surface area contributed by atoms with Crippen LogP contribution < -0.4 is 10.0 Å². The van der Waals surface area contributed by atoms with Crippen LogP contribution in [-0.2, 0) is 9.59 Å². The van der Waals surface area contributed by atoms with Gasteiger partial charge in [-0.2, -0.15) is 0 Å². The second-order valence-electron chi connectivity index (χ2n) is 3.72. The minimum atomic E-state index is -1.72. The molecule has 0 bridgehead atoms. The molecule has 2 rings (SSSR count). The van der Waals surface area contributed by atoms with Crippen LogP contribution in [0.2, 0.25) is 0 Å². The molecule has 0 unspecified atom stereocenters. The Morgan fingerprint density at radius 3 is 2.59 bits per heavy atom. The van der Waals surface area contributed by atoms with Gasteiger partial charge in [-0.25, -0.2) is 0 Å². The van der Waals surface area contributed by atoms with E-state index in [1.54, 1.807) is 25.1 Å². The smallest absolute Gasteiger partial charge is 0.243 e. The predicted octanol–water partition coefficient (Wildman–Crippen LogP) is -0.398. The first-order valence-electron chi connectivity index (χ1n) is 5.23. The molecule has 0 saturated heterocycles. The van der Waals surface area contributed by atoms with Crippen LogP contribution in [0.15, 0.2) is 24.3 Å². The lowest BCUT2D eigenvalue weighted by Crippen LogP contribution is -2.51. The summed E-state index contributed by atoms with van der Waals surface area (Å²) in [5.41, 5.74) is 0.714. The molecule has 88 valence electrons. The van der Waals surface area contributed by atoms with Gasteiger partial charge in [0.15, 0.2) is 5.78 Å². The average Bonchev–Trinajstić information content (AvgIpc) is 2.29. The third-order valence-corrected chi connectivity index (χ3v) is 2.79. The van der Waals surface area contributed by atoms with Gasteiger partial charge in [0.05, 0.1) is 11.7 Å². The highest BCUT2D eigenvalue weighted by Gasteiger charge is 2.39. The van der Waals surface area contributed by atoms with Crippen LogP contribution in [0.25, 0.3) is 0 Å². The predicted molar refractivity (Wildman–Crippen MR) is 57.3 cm³/mol. The third kappa shape index (κ3) is 1.60. The molecule has 1 aromatic carbocycles. The maximum Gasteiger partial charge on any atom is 0.243 e. The molecule has 5 nitrogen and oxygen atoms in total. The minimum Gasteiger partial charge on any atom is -0.549 e. The Bertz CT molecular complexity index is 509. The zero-order valence-electron chi connectivity index (χ0n) is 9.17. The van der Waals surface area contributed by atoms with E-state index >= 15 is 0 Å². The number of ketones is 1. The van der Waals surface area contributed by atoms with Gasteiger partial charge in [0.2, 0.25) is 5.91 Å². The molecule has 0 aliphatic carbocycles. The van der Waals surface area contributed by atoms with Crippen LogP contribution in [0.4, 0.5) is 5.69 Å². The summed E-state index contributed by atoms with van der Waals surface area (Å²) < 4.78 is 0. The number of nitrogens with zero attached hydrogens (tertiary/aromatic N) is 1. The van der Waals surface area contributed by atoms with Gasteiger partial charge in [0.1, 0.15) is 5.92 Å². The van der Waals surface area contributed by atoms with Gasteiger partial charge in [0.25, 0.3) is 0 Å². The van der Waals surface area contributed by atoms with Crippen molar-refractivity contribution in [3.05, 3.63) is 29.8 Å². The largest absolute Gasteiger partial charge is 0.549 e. The van der Waals surface area contributed by atoms with E-state index in [1.165, 1.54) is 11.0 Å². The molecule has 0 fully saturated rings. The van der Waals surface area contributed by atoms with E-state index < -0.39 is 23.6 Å². The quantitative estimate of drug-likeness (QED) is 0.650. The first-order chi connectivity index (χ1) is 8.07. The molecule has 0 N–H and O–H groups in total. The lowest BCUT2D eigenvalue weighted by molar-refractivity contribution is -0.307. The number of carbonyl (C=O) groups excluding carboxylic acids is 3. The molecular weight excluding hydrogens is 222 g/mol. The zero-order valence-corrected chi connectivity index (χ0v) is 9.17. The number of carbonyl (C=O) groups is 3. The van der Waals surface area contributed by atoms with Crippen molar-refractivity contribution in [2.45, 2.75) is 6.92 Å². The van der Waals surface area contributed by atoms with Crippen molar-refractivity contribution in [2.24, 2.45) is 5.92 Å². The highest BCUT2D eigenvalue weighted by Crippen LogP contribution is 2.29. The maximum absolute atomic E-state index is 11.9. The number of carboxylic acids is 1. The van der Waals surface area contributed by atoms with Gasteiger partial charge in [-0.3, -0.25) is 9.59 Å². The molecule has 17 heavy (non-hydrogen) atoms. The van der Waals surface area contributed by atoms with Crippen LogP contribution in [-0.4, -0.2) is 24.2 Å². The Balaban J connectivity index is 2.61. The Labute approximate surface area is 97.7 Å². The second-order valence-corrected chi connectivity index (χ2v) is 3.72. The van der Waals surface area contributed by atoms with Crippen LogP contribution in [0.5, 0.6) is 0 Å². The third-order valence-electron chi connectivity index (χ3n) is 2.79. The van der Waals surface area contributed by atoms with E-state index in [9.17, 15) is 19.5 Å². The number of carboxylic acid groups (broad SMARTS) is 1. The number of hydrogen-bond acceptors (Lipinski definition) is 4. The molecule has 0 radical (unpaired) electrons. The molecule has 1 aromatic rings. The summed E-state index contributed by atoms with van der Waals surface area (Å²) in [6.07, 6.45) is 0. The average molecular weight is 232 g/mol. The highest BCUT2D eigenvalue weighted by atomic mass is 16.4. The normalized spacial score (nSPS) is 19.1. The Hall–Kier alpha value is -2.17. The Kier molecular flexibility index (Phi) is 2.67. The zero-order chi connectivity index (χ0) is 12.6. The van der Waals surface area contributed by atoms with E-state index in [0.29, 0.717) is 12.2 Å². The van der Waals surface area contributed by atoms with Crippen molar-refractivity contribution in [2.75, 3.05) is 11.4 Å². The van der Waals surface area contributed by atoms with Crippen molar-refractivity contribution in [3.8, 4) is 0 Å². The number of hydrogen-bond donors (Lipinski definition) is 0. The summed E-state index contributed by atoms with van der Waals surface area (Å²) in [4.78, 5) is 35.9. The Morgan fingerprint density at radius 2 is 2.00 bits per heavy atom. The van der Waals surface area contributed by atoms with E-state index in [1.807, 2.05) is 0 Å². The van der Waals surface area contributed by atoms with E-state index in [2.05, 4.69) is 0 Å². The SMILES string of the molecule is CCN1C(=O)[C@@H](C(=O)[O-])C(=O)c2ccccc21. The molecule has 5 heteroatoms. The van der Waals surface area contributed by atoms with Crippen LogP contribution >= 0.6 is 0 Å². The van der Waals surface area contributed by atoms with E-state index in [0.717, 1.165) is 0 Å². The van der Waals surface area contributed by atoms with Crippen molar-refractivity contribution in [1.29, 1.82) is 0 Å². The van der Waals surface area contributed by atoms with Gasteiger partial charge in [-0.1, -0.05) is 12.1 Å². The summed E-state index contributed by atoms with van der Waals surface area (Å²) in [6, 6.07) is 6.47. The van der Waals surface area contributed by atoms with Crippen LogP contribution in [0.3, 0.4) is 0 Å². The lowest BCUT2D eigenvalue weighted by atomic mass is 9.90. The number of amides is 1. The molecule has 0 aromatic heterocycles. The number of anilines is 1. The number of rotatable bonds is 2.